The predicted octanol–water partition coefficient (Wildman–Crippen LogP) is 6.13. The molecule has 0 saturated heterocycles. The molecular weight excluding hydrogens is 365 g/mol. The van der Waals surface area contributed by atoms with E-state index >= 15 is 0 Å². The van der Waals surface area contributed by atoms with Crippen LogP contribution in [0.1, 0.15) is 50.2 Å². The monoisotopic (exact) mass is 393 g/mol. The predicted molar refractivity (Wildman–Crippen MR) is 109 cm³/mol. The maximum atomic E-state index is 13.0. The Kier molecular flexibility index (Phi) is 9.43. The first-order chi connectivity index (χ1) is 13.1. The van der Waals surface area contributed by atoms with Crippen molar-refractivity contribution in [3.05, 3.63) is 58.4 Å². The van der Waals surface area contributed by atoms with Crippen molar-refractivity contribution in [3.63, 3.8) is 0 Å². The van der Waals surface area contributed by atoms with Crippen LogP contribution in [0, 0.1) is 5.82 Å². The standard InChI is InChI=1S/C22H29ClFNO2/c1-3-4-5-6-7-12-25-15-18-13-20(23)22(21(14-18)26-2)27-16-17-8-10-19(24)11-9-17/h8-11,13-14,25H,3-7,12,15-16H2,1-2H3. The van der Waals surface area contributed by atoms with Gasteiger partial charge in [0.25, 0.3) is 0 Å². The SMILES string of the molecule is CCCCCCCNCc1cc(Cl)c(OCc2ccc(F)cc2)c(OC)c1. The molecule has 0 radical (unpaired) electrons. The molecule has 0 aliphatic heterocycles. The average molecular weight is 394 g/mol. The zero-order valence-corrected chi connectivity index (χ0v) is 16.9. The summed E-state index contributed by atoms with van der Waals surface area (Å²) in [7, 11) is 1.60. The minimum atomic E-state index is -0.267. The minimum absolute atomic E-state index is 0.267. The first kappa shape index (κ1) is 21.5. The molecule has 0 unspecified atom stereocenters. The number of nitrogens with one attached hydrogen (secondary N) is 1. The molecule has 0 fully saturated rings. The lowest BCUT2D eigenvalue weighted by atomic mass is 10.1. The second-order valence-corrected chi connectivity index (χ2v) is 7.02. The van der Waals surface area contributed by atoms with Gasteiger partial charge in [-0.25, -0.2) is 4.39 Å². The second-order valence-electron chi connectivity index (χ2n) is 6.62. The Morgan fingerprint density at radius 2 is 1.74 bits per heavy atom. The molecule has 2 aromatic rings. The maximum absolute atomic E-state index is 13.0. The van der Waals surface area contributed by atoms with Crippen LogP contribution in [0.2, 0.25) is 5.02 Å². The minimum Gasteiger partial charge on any atom is -0.493 e. The average Bonchev–Trinajstić information content (AvgIpc) is 2.67. The van der Waals surface area contributed by atoms with Gasteiger partial charge in [-0.15, -0.1) is 0 Å². The van der Waals surface area contributed by atoms with E-state index in [1.165, 1.54) is 44.2 Å². The molecule has 0 aromatic heterocycles. The van der Waals surface area contributed by atoms with Crippen LogP contribution in [-0.2, 0) is 13.2 Å². The van der Waals surface area contributed by atoms with Crippen LogP contribution in [-0.4, -0.2) is 13.7 Å². The van der Waals surface area contributed by atoms with Gasteiger partial charge in [0.1, 0.15) is 12.4 Å². The van der Waals surface area contributed by atoms with E-state index in [9.17, 15) is 4.39 Å². The van der Waals surface area contributed by atoms with E-state index in [0.29, 0.717) is 23.1 Å². The summed E-state index contributed by atoms with van der Waals surface area (Å²) in [5.74, 6) is 0.841. The van der Waals surface area contributed by atoms with Crippen LogP contribution < -0.4 is 14.8 Å². The van der Waals surface area contributed by atoms with Gasteiger partial charge in [0, 0.05) is 6.54 Å². The summed E-state index contributed by atoms with van der Waals surface area (Å²) in [6.07, 6.45) is 6.33. The summed E-state index contributed by atoms with van der Waals surface area (Å²) in [5, 5.41) is 3.96. The molecule has 148 valence electrons. The Labute approximate surface area is 166 Å². The Balaban J connectivity index is 1.88. The number of methoxy groups -OCH3 is 1. The van der Waals surface area contributed by atoms with Gasteiger partial charge in [0.05, 0.1) is 12.1 Å². The molecule has 0 heterocycles. The van der Waals surface area contributed by atoms with Gasteiger partial charge in [0.15, 0.2) is 11.5 Å². The molecule has 0 spiro atoms. The number of unbranched alkanes of at least 4 members (excludes halogenated alkanes) is 4. The summed E-state index contributed by atoms with van der Waals surface area (Å²) >= 11 is 6.41. The number of halogens is 2. The van der Waals surface area contributed by atoms with Gasteiger partial charge < -0.3 is 14.8 Å². The molecule has 0 bridgehead atoms. The molecule has 0 atom stereocenters. The lowest BCUT2D eigenvalue weighted by molar-refractivity contribution is 0.284. The molecule has 2 aromatic carbocycles. The lowest BCUT2D eigenvalue weighted by Gasteiger charge is -2.15. The van der Waals surface area contributed by atoms with Crippen molar-refractivity contribution in [1.82, 2.24) is 5.32 Å². The molecule has 0 amide bonds. The van der Waals surface area contributed by atoms with Gasteiger partial charge in [0.2, 0.25) is 0 Å². The number of hydrogen-bond donors (Lipinski definition) is 1. The lowest BCUT2D eigenvalue weighted by Crippen LogP contribution is -2.14. The summed E-state index contributed by atoms with van der Waals surface area (Å²) in [6, 6.07) is 10.0. The van der Waals surface area contributed by atoms with Gasteiger partial charge in [-0.1, -0.05) is 56.3 Å². The molecule has 0 aliphatic rings. The van der Waals surface area contributed by atoms with Gasteiger partial charge in [-0.2, -0.15) is 0 Å². The highest BCUT2D eigenvalue weighted by molar-refractivity contribution is 6.32. The van der Waals surface area contributed by atoms with Gasteiger partial charge in [-0.05, 0) is 48.4 Å². The summed E-state index contributed by atoms with van der Waals surface area (Å²) in [5.41, 5.74) is 1.92. The van der Waals surface area contributed by atoms with E-state index < -0.39 is 0 Å². The fraction of sp³-hybridized carbons (Fsp3) is 0.455. The van der Waals surface area contributed by atoms with Crippen molar-refractivity contribution in [2.24, 2.45) is 0 Å². The Hall–Kier alpha value is -1.78. The Morgan fingerprint density at radius 3 is 2.44 bits per heavy atom. The third-order valence-corrected chi connectivity index (χ3v) is 4.65. The highest BCUT2D eigenvalue weighted by Crippen LogP contribution is 2.37. The third kappa shape index (κ3) is 7.39. The van der Waals surface area contributed by atoms with E-state index in [1.807, 2.05) is 12.1 Å². The highest BCUT2D eigenvalue weighted by atomic mass is 35.5. The smallest absolute Gasteiger partial charge is 0.180 e. The second kappa shape index (κ2) is 11.8. The van der Waals surface area contributed by atoms with Crippen molar-refractivity contribution in [2.45, 2.75) is 52.2 Å². The summed E-state index contributed by atoms with van der Waals surface area (Å²) < 4.78 is 24.3. The molecule has 3 nitrogen and oxygen atoms in total. The number of benzene rings is 2. The topological polar surface area (TPSA) is 30.5 Å². The summed E-state index contributed by atoms with van der Waals surface area (Å²) in [4.78, 5) is 0. The van der Waals surface area contributed by atoms with Crippen LogP contribution >= 0.6 is 11.6 Å². The van der Waals surface area contributed by atoms with Crippen molar-refractivity contribution < 1.29 is 13.9 Å². The normalized spacial score (nSPS) is 10.8. The van der Waals surface area contributed by atoms with E-state index in [1.54, 1.807) is 19.2 Å². The number of ether oxygens (including phenoxy) is 2. The molecule has 5 heteroatoms. The largest absolute Gasteiger partial charge is 0.493 e. The number of rotatable bonds is 12. The van der Waals surface area contributed by atoms with Crippen molar-refractivity contribution >= 4 is 11.6 Å². The third-order valence-electron chi connectivity index (χ3n) is 4.37. The molecule has 0 saturated carbocycles. The fourth-order valence-corrected chi connectivity index (χ4v) is 3.13. The fourth-order valence-electron chi connectivity index (χ4n) is 2.84. The highest BCUT2D eigenvalue weighted by Gasteiger charge is 2.12. The molecular formula is C22H29ClFNO2. The van der Waals surface area contributed by atoms with Crippen LogP contribution in [0.3, 0.4) is 0 Å². The molecule has 1 N–H and O–H groups in total. The van der Waals surface area contributed by atoms with Crippen molar-refractivity contribution in [3.8, 4) is 11.5 Å². The maximum Gasteiger partial charge on any atom is 0.180 e. The zero-order chi connectivity index (χ0) is 19.5. The molecule has 27 heavy (non-hydrogen) atoms. The zero-order valence-electron chi connectivity index (χ0n) is 16.2. The Morgan fingerprint density at radius 1 is 1.00 bits per heavy atom. The first-order valence-electron chi connectivity index (χ1n) is 9.58. The van der Waals surface area contributed by atoms with Gasteiger partial charge in [-0.3, -0.25) is 0 Å². The molecule has 2 rings (SSSR count). The summed E-state index contributed by atoms with van der Waals surface area (Å²) in [6.45, 7) is 4.25. The van der Waals surface area contributed by atoms with E-state index in [-0.39, 0.29) is 5.82 Å². The van der Waals surface area contributed by atoms with E-state index in [2.05, 4.69) is 12.2 Å². The van der Waals surface area contributed by atoms with Crippen molar-refractivity contribution in [1.29, 1.82) is 0 Å². The van der Waals surface area contributed by atoms with Crippen molar-refractivity contribution in [2.75, 3.05) is 13.7 Å². The van der Waals surface area contributed by atoms with Gasteiger partial charge >= 0.3 is 0 Å². The van der Waals surface area contributed by atoms with Crippen LogP contribution in [0.5, 0.6) is 11.5 Å². The molecule has 0 aliphatic carbocycles. The van der Waals surface area contributed by atoms with Crippen LogP contribution in [0.4, 0.5) is 4.39 Å². The van der Waals surface area contributed by atoms with E-state index in [0.717, 1.165) is 24.2 Å². The first-order valence-corrected chi connectivity index (χ1v) is 9.96. The van der Waals surface area contributed by atoms with E-state index in [4.69, 9.17) is 21.1 Å². The Bertz CT molecular complexity index is 691. The van der Waals surface area contributed by atoms with Crippen LogP contribution in [0.15, 0.2) is 36.4 Å². The van der Waals surface area contributed by atoms with Crippen LogP contribution in [0.25, 0.3) is 0 Å². The quantitative estimate of drug-likeness (QED) is 0.440. The number of hydrogen-bond acceptors (Lipinski definition) is 3.